The number of nitrogens with zero attached hydrogens (tertiary/aromatic N) is 3. The Balaban J connectivity index is 1.45. The van der Waals surface area contributed by atoms with Gasteiger partial charge >= 0.3 is 0 Å². The molecule has 0 bridgehead atoms. The van der Waals surface area contributed by atoms with Gasteiger partial charge in [0.05, 0.1) is 6.10 Å². The van der Waals surface area contributed by atoms with Crippen LogP contribution in [0.25, 0.3) is 0 Å². The molecule has 2 atom stereocenters. The highest BCUT2D eigenvalue weighted by Crippen LogP contribution is 2.23. The maximum absolute atomic E-state index is 5.52. The van der Waals surface area contributed by atoms with Gasteiger partial charge in [0.1, 0.15) is 0 Å². The van der Waals surface area contributed by atoms with Crippen LogP contribution in [0.15, 0.2) is 18.5 Å². The molecule has 5 nitrogen and oxygen atoms in total. The molecule has 5 heteroatoms. The van der Waals surface area contributed by atoms with E-state index < -0.39 is 0 Å². The molecular weight excluding hydrogens is 264 g/mol. The fraction of sp³-hybridized carbons (Fsp3) is 0.750. The van der Waals surface area contributed by atoms with Gasteiger partial charge in [-0.1, -0.05) is 0 Å². The first kappa shape index (κ1) is 14.7. The lowest BCUT2D eigenvalue weighted by atomic mass is 9.91. The summed E-state index contributed by atoms with van der Waals surface area (Å²) < 4.78 is 5.52. The molecule has 2 unspecified atom stereocenters. The van der Waals surface area contributed by atoms with E-state index in [0.29, 0.717) is 18.2 Å². The summed E-state index contributed by atoms with van der Waals surface area (Å²) in [4.78, 5) is 11.0. The number of aromatic nitrogens is 2. The summed E-state index contributed by atoms with van der Waals surface area (Å²) >= 11 is 0. The number of rotatable bonds is 4. The minimum Gasteiger partial charge on any atom is -0.381 e. The van der Waals surface area contributed by atoms with Crippen LogP contribution < -0.4 is 10.2 Å². The van der Waals surface area contributed by atoms with Gasteiger partial charge in [0.15, 0.2) is 0 Å². The first-order chi connectivity index (χ1) is 10.3. The zero-order valence-corrected chi connectivity index (χ0v) is 12.9. The second-order valence-corrected chi connectivity index (χ2v) is 6.20. The summed E-state index contributed by atoms with van der Waals surface area (Å²) in [6, 6.07) is 3.13. The topological polar surface area (TPSA) is 50.3 Å². The molecule has 1 saturated heterocycles. The standard InChI is InChI=1S/C16H26N4O/c1-21-15-5-2-4-14(12-15)19-13-6-10-20(11-7-13)16-17-8-3-9-18-16/h3,8-9,13-15,19H,2,4-7,10-12H2,1H3. The summed E-state index contributed by atoms with van der Waals surface area (Å²) in [6.45, 7) is 2.09. The van der Waals surface area contributed by atoms with E-state index in [2.05, 4.69) is 20.2 Å². The van der Waals surface area contributed by atoms with Crippen molar-refractivity contribution in [3.63, 3.8) is 0 Å². The number of piperidine rings is 1. The average molecular weight is 290 g/mol. The van der Waals surface area contributed by atoms with Crippen LogP contribution in [-0.4, -0.2) is 48.4 Å². The average Bonchev–Trinajstić information content (AvgIpc) is 2.56. The van der Waals surface area contributed by atoms with Gasteiger partial charge in [0, 0.05) is 44.7 Å². The molecule has 1 aliphatic heterocycles. The summed E-state index contributed by atoms with van der Waals surface area (Å²) in [5.41, 5.74) is 0. The Morgan fingerprint density at radius 1 is 1.10 bits per heavy atom. The summed E-state index contributed by atoms with van der Waals surface area (Å²) in [7, 11) is 1.84. The van der Waals surface area contributed by atoms with E-state index in [4.69, 9.17) is 4.74 Å². The first-order valence-electron chi connectivity index (χ1n) is 8.16. The molecule has 2 fully saturated rings. The van der Waals surface area contributed by atoms with Crippen LogP contribution in [0, 0.1) is 0 Å². The van der Waals surface area contributed by atoms with Gasteiger partial charge in [0.2, 0.25) is 5.95 Å². The van der Waals surface area contributed by atoms with Gasteiger partial charge in [0.25, 0.3) is 0 Å². The second-order valence-electron chi connectivity index (χ2n) is 6.20. The SMILES string of the molecule is COC1CCCC(NC2CCN(c3ncccn3)CC2)C1. The highest BCUT2D eigenvalue weighted by atomic mass is 16.5. The van der Waals surface area contributed by atoms with Crippen molar-refractivity contribution in [3.8, 4) is 0 Å². The molecule has 21 heavy (non-hydrogen) atoms. The molecule has 2 heterocycles. The molecule has 0 amide bonds. The van der Waals surface area contributed by atoms with Crippen LogP contribution in [0.2, 0.25) is 0 Å². The van der Waals surface area contributed by atoms with Crippen LogP contribution in [0.4, 0.5) is 5.95 Å². The smallest absolute Gasteiger partial charge is 0.225 e. The fourth-order valence-electron chi connectivity index (χ4n) is 3.54. The molecule has 1 N–H and O–H groups in total. The van der Waals surface area contributed by atoms with E-state index in [1.807, 2.05) is 25.6 Å². The van der Waals surface area contributed by atoms with Crippen molar-refractivity contribution < 1.29 is 4.74 Å². The number of anilines is 1. The van der Waals surface area contributed by atoms with Gasteiger partial charge in [-0.05, 0) is 44.6 Å². The largest absolute Gasteiger partial charge is 0.381 e. The minimum atomic E-state index is 0.453. The van der Waals surface area contributed by atoms with Crippen molar-refractivity contribution >= 4 is 5.95 Å². The molecule has 1 aromatic rings. The maximum Gasteiger partial charge on any atom is 0.225 e. The molecule has 2 aliphatic rings. The van der Waals surface area contributed by atoms with Crippen LogP contribution in [0.5, 0.6) is 0 Å². The quantitative estimate of drug-likeness (QED) is 0.919. The van der Waals surface area contributed by atoms with Crippen LogP contribution >= 0.6 is 0 Å². The molecule has 0 aromatic carbocycles. The van der Waals surface area contributed by atoms with E-state index >= 15 is 0 Å². The molecule has 0 radical (unpaired) electrons. The Kier molecular flexibility index (Phi) is 5.04. The predicted molar refractivity (Wildman–Crippen MR) is 83.5 cm³/mol. The monoisotopic (exact) mass is 290 g/mol. The van der Waals surface area contributed by atoms with Gasteiger partial charge in [-0.15, -0.1) is 0 Å². The maximum atomic E-state index is 5.52. The van der Waals surface area contributed by atoms with E-state index in [1.54, 1.807) is 0 Å². The number of ether oxygens (including phenoxy) is 1. The van der Waals surface area contributed by atoms with Gasteiger partial charge in [-0.25, -0.2) is 9.97 Å². The summed E-state index contributed by atoms with van der Waals surface area (Å²) in [5.74, 6) is 0.869. The molecule has 116 valence electrons. The Labute approximate surface area is 127 Å². The predicted octanol–water partition coefficient (Wildman–Crippen LogP) is 1.99. The van der Waals surface area contributed by atoms with Crippen LogP contribution in [0.1, 0.15) is 38.5 Å². The summed E-state index contributed by atoms with van der Waals surface area (Å²) in [6.07, 6.45) is 11.4. The zero-order chi connectivity index (χ0) is 14.5. The fourth-order valence-corrected chi connectivity index (χ4v) is 3.54. The van der Waals surface area contributed by atoms with Crippen LogP contribution in [-0.2, 0) is 4.74 Å². The molecular formula is C16H26N4O. The van der Waals surface area contributed by atoms with E-state index in [9.17, 15) is 0 Å². The third-order valence-electron chi connectivity index (χ3n) is 4.76. The van der Waals surface area contributed by atoms with Crippen molar-refractivity contribution in [1.29, 1.82) is 0 Å². The Bertz CT molecular complexity index is 420. The number of methoxy groups -OCH3 is 1. The Morgan fingerprint density at radius 2 is 1.86 bits per heavy atom. The number of hydrogen-bond acceptors (Lipinski definition) is 5. The molecule has 3 rings (SSSR count). The first-order valence-corrected chi connectivity index (χ1v) is 8.16. The molecule has 1 aliphatic carbocycles. The lowest BCUT2D eigenvalue weighted by molar-refractivity contribution is 0.0563. The normalized spacial score (nSPS) is 27.8. The highest BCUT2D eigenvalue weighted by molar-refractivity contribution is 5.29. The number of hydrogen-bond donors (Lipinski definition) is 1. The summed E-state index contributed by atoms with van der Waals surface area (Å²) in [5, 5.41) is 3.85. The van der Waals surface area contributed by atoms with Crippen molar-refractivity contribution in [2.75, 3.05) is 25.1 Å². The zero-order valence-electron chi connectivity index (χ0n) is 12.9. The lowest BCUT2D eigenvalue weighted by Crippen LogP contribution is -2.48. The van der Waals surface area contributed by atoms with E-state index in [-0.39, 0.29) is 0 Å². The van der Waals surface area contributed by atoms with Crippen molar-refractivity contribution in [2.45, 2.75) is 56.7 Å². The van der Waals surface area contributed by atoms with Gasteiger partial charge in [-0.2, -0.15) is 0 Å². The van der Waals surface area contributed by atoms with E-state index in [0.717, 1.165) is 19.0 Å². The lowest BCUT2D eigenvalue weighted by Gasteiger charge is -2.36. The van der Waals surface area contributed by atoms with Crippen molar-refractivity contribution in [2.24, 2.45) is 0 Å². The molecule has 1 saturated carbocycles. The Hall–Kier alpha value is -1.20. The third kappa shape index (κ3) is 3.92. The third-order valence-corrected chi connectivity index (χ3v) is 4.76. The van der Waals surface area contributed by atoms with Gasteiger partial charge in [-0.3, -0.25) is 0 Å². The molecule has 1 aromatic heterocycles. The Morgan fingerprint density at radius 3 is 2.57 bits per heavy atom. The highest BCUT2D eigenvalue weighted by Gasteiger charge is 2.26. The second kappa shape index (κ2) is 7.18. The van der Waals surface area contributed by atoms with Crippen LogP contribution in [0.3, 0.4) is 0 Å². The van der Waals surface area contributed by atoms with Gasteiger partial charge < -0.3 is 15.0 Å². The van der Waals surface area contributed by atoms with E-state index in [1.165, 1.54) is 38.5 Å². The van der Waals surface area contributed by atoms with Crippen molar-refractivity contribution in [3.05, 3.63) is 18.5 Å². The number of nitrogens with one attached hydrogen (secondary N) is 1. The van der Waals surface area contributed by atoms with Crippen molar-refractivity contribution in [1.82, 2.24) is 15.3 Å². The minimum absolute atomic E-state index is 0.453. The molecule has 0 spiro atoms.